The van der Waals surface area contributed by atoms with Gasteiger partial charge in [0.25, 0.3) is 0 Å². The molecule has 0 radical (unpaired) electrons. The van der Waals surface area contributed by atoms with Crippen molar-refractivity contribution in [3.8, 4) is 0 Å². The molecule has 1 rings (SSSR count). The second kappa shape index (κ2) is 15.8. The Hall–Kier alpha value is -0.940. The third-order valence-corrected chi connectivity index (χ3v) is 6.37. The Morgan fingerprint density at radius 2 is 1.37 bits per heavy atom. The largest absolute Gasteiger partial charge is 0.463 e. The van der Waals surface area contributed by atoms with E-state index in [1.165, 1.54) is 19.3 Å². The molecule has 2 N–H and O–H groups in total. The molecule has 176 valence electrons. The van der Waals surface area contributed by atoms with E-state index in [1.54, 1.807) is 0 Å². The Morgan fingerprint density at radius 3 is 2.00 bits per heavy atom. The fourth-order valence-corrected chi connectivity index (χ4v) is 4.68. The SMILES string of the molecule is CCCCCCCC(=O)CC[C@@H]1[C@@H](CCCCCCC(=O)OC(C)C)[C@@H](O)C[C@H]1O. The third kappa shape index (κ3) is 11.5. The van der Waals surface area contributed by atoms with Gasteiger partial charge in [0.05, 0.1) is 18.3 Å². The summed E-state index contributed by atoms with van der Waals surface area (Å²) in [4.78, 5) is 23.7. The zero-order chi connectivity index (χ0) is 22.4. The lowest BCUT2D eigenvalue weighted by Gasteiger charge is -2.23. The van der Waals surface area contributed by atoms with Crippen LogP contribution in [-0.4, -0.2) is 40.3 Å². The first-order valence-corrected chi connectivity index (χ1v) is 12.4. The number of aliphatic hydroxyl groups excluding tert-OH is 2. The van der Waals surface area contributed by atoms with Gasteiger partial charge in [0.15, 0.2) is 0 Å². The number of aliphatic hydroxyl groups is 2. The van der Waals surface area contributed by atoms with Crippen LogP contribution in [0.25, 0.3) is 0 Å². The van der Waals surface area contributed by atoms with Gasteiger partial charge in [0.2, 0.25) is 0 Å². The van der Waals surface area contributed by atoms with Crippen LogP contribution >= 0.6 is 0 Å². The summed E-state index contributed by atoms with van der Waals surface area (Å²) in [6.45, 7) is 5.90. The number of hydrogen-bond donors (Lipinski definition) is 2. The van der Waals surface area contributed by atoms with Gasteiger partial charge in [-0.25, -0.2) is 0 Å². The molecule has 5 nitrogen and oxygen atoms in total. The first-order valence-electron chi connectivity index (χ1n) is 12.4. The smallest absolute Gasteiger partial charge is 0.306 e. The van der Waals surface area contributed by atoms with E-state index in [-0.39, 0.29) is 23.9 Å². The van der Waals surface area contributed by atoms with E-state index in [0.717, 1.165) is 44.9 Å². The Bertz CT molecular complexity index is 476. The summed E-state index contributed by atoms with van der Waals surface area (Å²) in [5.74, 6) is 0.287. The van der Waals surface area contributed by atoms with Crippen molar-refractivity contribution in [2.75, 3.05) is 0 Å². The van der Waals surface area contributed by atoms with E-state index in [1.807, 2.05) is 13.8 Å². The van der Waals surface area contributed by atoms with Crippen molar-refractivity contribution in [1.82, 2.24) is 0 Å². The van der Waals surface area contributed by atoms with Gasteiger partial charge in [0, 0.05) is 19.3 Å². The van der Waals surface area contributed by atoms with E-state index in [2.05, 4.69) is 6.92 Å². The molecule has 0 aliphatic heterocycles. The second-order valence-corrected chi connectivity index (χ2v) is 9.43. The molecule has 5 heteroatoms. The first kappa shape index (κ1) is 27.1. The van der Waals surface area contributed by atoms with Crippen molar-refractivity contribution in [2.24, 2.45) is 11.8 Å². The van der Waals surface area contributed by atoms with Crippen LogP contribution in [0.2, 0.25) is 0 Å². The molecule has 0 unspecified atom stereocenters. The van der Waals surface area contributed by atoms with E-state index >= 15 is 0 Å². The maximum absolute atomic E-state index is 12.2. The number of unbranched alkanes of at least 4 members (excludes halogenated alkanes) is 7. The van der Waals surface area contributed by atoms with Gasteiger partial charge in [0.1, 0.15) is 5.78 Å². The number of ether oxygens (including phenoxy) is 1. The van der Waals surface area contributed by atoms with Crippen LogP contribution < -0.4 is 0 Å². The second-order valence-electron chi connectivity index (χ2n) is 9.43. The van der Waals surface area contributed by atoms with Crippen LogP contribution in [0, 0.1) is 11.8 Å². The molecule has 0 spiro atoms. The van der Waals surface area contributed by atoms with Gasteiger partial charge >= 0.3 is 5.97 Å². The average Bonchev–Trinajstić information content (AvgIpc) is 2.94. The van der Waals surface area contributed by atoms with Crippen molar-refractivity contribution < 1.29 is 24.5 Å². The summed E-state index contributed by atoms with van der Waals surface area (Å²) in [6, 6.07) is 0. The molecule has 0 heterocycles. The fraction of sp³-hybridized carbons (Fsp3) is 0.920. The topological polar surface area (TPSA) is 83.8 Å². The summed E-state index contributed by atoms with van der Waals surface area (Å²) in [7, 11) is 0. The number of carbonyl (C=O) groups is 2. The number of Topliss-reactive ketones (excluding diaryl/α,β-unsaturated/α-hetero) is 1. The molecule has 0 aromatic rings. The summed E-state index contributed by atoms with van der Waals surface area (Å²) in [5, 5.41) is 20.7. The van der Waals surface area contributed by atoms with Crippen LogP contribution in [0.3, 0.4) is 0 Å². The summed E-state index contributed by atoms with van der Waals surface area (Å²) in [6.07, 6.45) is 12.2. The maximum atomic E-state index is 12.2. The number of rotatable bonds is 17. The molecule has 0 bridgehead atoms. The summed E-state index contributed by atoms with van der Waals surface area (Å²) >= 11 is 0. The van der Waals surface area contributed by atoms with E-state index in [0.29, 0.717) is 37.9 Å². The highest BCUT2D eigenvalue weighted by Gasteiger charge is 2.40. The molecule has 0 saturated heterocycles. The quantitative estimate of drug-likeness (QED) is 0.242. The Morgan fingerprint density at radius 1 is 0.800 bits per heavy atom. The Kier molecular flexibility index (Phi) is 14.3. The monoisotopic (exact) mass is 426 g/mol. The molecule has 1 fully saturated rings. The zero-order valence-electron chi connectivity index (χ0n) is 19.6. The van der Waals surface area contributed by atoms with Crippen molar-refractivity contribution >= 4 is 11.8 Å². The van der Waals surface area contributed by atoms with Gasteiger partial charge < -0.3 is 14.9 Å². The van der Waals surface area contributed by atoms with E-state index < -0.39 is 12.2 Å². The van der Waals surface area contributed by atoms with Crippen molar-refractivity contribution in [3.63, 3.8) is 0 Å². The third-order valence-electron chi connectivity index (χ3n) is 6.37. The molecule has 1 aliphatic rings. The van der Waals surface area contributed by atoms with Crippen molar-refractivity contribution in [2.45, 2.75) is 135 Å². The lowest BCUT2D eigenvalue weighted by molar-refractivity contribution is -0.147. The molecular weight excluding hydrogens is 380 g/mol. The standard InChI is InChI=1S/C25H46O5/c1-4-5-6-7-10-13-20(26)16-17-22-21(23(27)18-24(22)28)14-11-8-9-12-15-25(29)30-19(2)3/h19,21-24,27-28H,4-18H2,1-3H3/t21-,22-,23+,24-/m1/s1. The molecule has 0 amide bonds. The predicted octanol–water partition coefficient (Wildman–Crippen LogP) is 5.35. The minimum atomic E-state index is -0.492. The fourth-order valence-electron chi connectivity index (χ4n) is 4.68. The van der Waals surface area contributed by atoms with Crippen LogP contribution in [-0.2, 0) is 14.3 Å². The highest BCUT2D eigenvalue weighted by atomic mass is 16.5. The minimum Gasteiger partial charge on any atom is -0.463 e. The molecule has 0 aromatic carbocycles. The van der Waals surface area contributed by atoms with Gasteiger partial charge in [-0.3, -0.25) is 9.59 Å². The molecular formula is C25H46O5. The van der Waals surface area contributed by atoms with Gasteiger partial charge in [-0.15, -0.1) is 0 Å². The average molecular weight is 427 g/mol. The number of ketones is 1. The molecule has 1 saturated carbocycles. The molecule has 0 aromatic heterocycles. The van der Waals surface area contributed by atoms with Gasteiger partial charge in [-0.2, -0.15) is 0 Å². The van der Waals surface area contributed by atoms with E-state index in [9.17, 15) is 19.8 Å². The summed E-state index contributed by atoms with van der Waals surface area (Å²) in [5.41, 5.74) is 0. The van der Waals surface area contributed by atoms with Crippen LogP contribution in [0.15, 0.2) is 0 Å². The Balaban J connectivity index is 2.23. The lowest BCUT2D eigenvalue weighted by atomic mass is 9.84. The minimum absolute atomic E-state index is 0.0325. The van der Waals surface area contributed by atoms with E-state index in [4.69, 9.17) is 4.74 Å². The van der Waals surface area contributed by atoms with Crippen LogP contribution in [0.1, 0.15) is 117 Å². The molecule has 30 heavy (non-hydrogen) atoms. The number of esters is 1. The highest BCUT2D eigenvalue weighted by molar-refractivity contribution is 5.78. The Labute approximate surface area is 184 Å². The van der Waals surface area contributed by atoms with Crippen LogP contribution in [0.5, 0.6) is 0 Å². The predicted molar refractivity (Wildman–Crippen MR) is 120 cm³/mol. The maximum Gasteiger partial charge on any atom is 0.306 e. The molecule has 4 atom stereocenters. The summed E-state index contributed by atoms with van der Waals surface area (Å²) < 4.78 is 5.14. The zero-order valence-corrected chi connectivity index (χ0v) is 19.6. The highest BCUT2D eigenvalue weighted by Crippen LogP contribution is 2.39. The van der Waals surface area contributed by atoms with Crippen molar-refractivity contribution in [1.29, 1.82) is 0 Å². The number of carbonyl (C=O) groups excluding carboxylic acids is 2. The van der Waals surface area contributed by atoms with Crippen LogP contribution in [0.4, 0.5) is 0 Å². The first-order chi connectivity index (χ1) is 14.3. The van der Waals surface area contributed by atoms with Crippen molar-refractivity contribution in [3.05, 3.63) is 0 Å². The molecule has 1 aliphatic carbocycles. The normalized spacial score (nSPS) is 23.8. The number of hydrogen-bond acceptors (Lipinski definition) is 5. The van der Waals surface area contributed by atoms with Gasteiger partial charge in [-0.05, 0) is 57.8 Å². The van der Waals surface area contributed by atoms with Gasteiger partial charge in [-0.1, -0.05) is 51.9 Å². The lowest BCUT2D eigenvalue weighted by Crippen LogP contribution is -2.23.